The molecule has 1 amide bonds. The van der Waals surface area contributed by atoms with Gasteiger partial charge in [0.05, 0.1) is 11.4 Å². The number of nitrogens with zero attached hydrogens (tertiary/aromatic N) is 2. The van der Waals surface area contributed by atoms with E-state index in [1.54, 1.807) is 6.26 Å². The summed E-state index contributed by atoms with van der Waals surface area (Å²) in [6, 6.07) is 9.71. The highest BCUT2D eigenvalue weighted by molar-refractivity contribution is 7.99. The second-order valence-corrected chi connectivity index (χ2v) is 6.63. The number of benzene rings is 1. The fourth-order valence-electron chi connectivity index (χ4n) is 2.37. The van der Waals surface area contributed by atoms with E-state index < -0.39 is 5.97 Å². The maximum Gasteiger partial charge on any atom is 0.323 e. The molecule has 24 heavy (non-hydrogen) atoms. The zero-order chi connectivity index (χ0) is 16.9. The first-order chi connectivity index (χ1) is 11.6. The summed E-state index contributed by atoms with van der Waals surface area (Å²) in [5.41, 5.74) is 1.68. The molecule has 1 aliphatic carbocycles. The van der Waals surface area contributed by atoms with Gasteiger partial charge in [-0.05, 0) is 25.0 Å². The van der Waals surface area contributed by atoms with Gasteiger partial charge in [0.15, 0.2) is 0 Å². The Morgan fingerprint density at radius 3 is 2.71 bits per heavy atom. The van der Waals surface area contributed by atoms with E-state index in [2.05, 4.69) is 4.98 Å². The molecule has 1 fully saturated rings. The number of carboxylic acids is 1. The van der Waals surface area contributed by atoms with Crippen LogP contribution < -0.4 is 0 Å². The number of carbonyl (C=O) groups excluding carboxylic acids is 1. The summed E-state index contributed by atoms with van der Waals surface area (Å²) >= 11 is 1.42. The fourth-order valence-corrected chi connectivity index (χ4v) is 3.15. The second kappa shape index (κ2) is 7.53. The van der Waals surface area contributed by atoms with Gasteiger partial charge in [-0.15, -0.1) is 11.8 Å². The van der Waals surface area contributed by atoms with Gasteiger partial charge in [0, 0.05) is 17.4 Å². The van der Waals surface area contributed by atoms with E-state index >= 15 is 0 Å². The molecule has 0 atom stereocenters. The number of oxazole rings is 1. The third-order valence-electron chi connectivity index (χ3n) is 3.66. The highest BCUT2D eigenvalue weighted by atomic mass is 32.2. The smallest absolute Gasteiger partial charge is 0.323 e. The lowest BCUT2D eigenvalue weighted by molar-refractivity contribution is -0.143. The summed E-state index contributed by atoms with van der Waals surface area (Å²) in [6.07, 6.45) is 3.39. The van der Waals surface area contributed by atoms with Crippen molar-refractivity contribution in [1.82, 2.24) is 9.88 Å². The second-order valence-electron chi connectivity index (χ2n) is 5.65. The van der Waals surface area contributed by atoms with Crippen LogP contribution in [0.15, 0.2) is 41.0 Å². The van der Waals surface area contributed by atoms with Gasteiger partial charge >= 0.3 is 5.97 Å². The summed E-state index contributed by atoms with van der Waals surface area (Å²) in [5.74, 6) is 0.259. The van der Waals surface area contributed by atoms with Crippen molar-refractivity contribution in [2.45, 2.75) is 24.6 Å². The predicted octanol–water partition coefficient (Wildman–Crippen LogP) is 2.65. The third-order valence-corrected chi connectivity index (χ3v) is 4.61. The molecule has 1 aromatic heterocycles. The molecular formula is C17H18N2O4S. The molecule has 1 saturated carbocycles. The summed E-state index contributed by atoms with van der Waals surface area (Å²) in [7, 11) is 0. The van der Waals surface area contributed by atoms with Crippen LogP contribution in [0.3, 0.4) is 0 Å². The molecule has 1 N–H and O–H groups in total. The number of carbonyl (C=O) groups is 2. The number of thioether (sulfide) groups is 1. The normalized spacial score (nSPS) is 13.7. The van der Waals surface area contributed by atoms with Gasteiger partial charge in [-0.1, -0.05) is 18.2 Å². The predicted molar refractivity (Wildman–Crippen MR) is 90.5 cm³/mol. The first kappa shape index (κ1) is 16.6. The average molecular weight is 346 g/mol. The summed E-state index contributed by atoms with van der Waals surface area (Å²) in [6.45, 7) is -0.216. The molecule has 2 aromatic rings. The first-order valence-electron chi connectivity index (χ1n) is 7.72. The Hall–Kier alpha value is -2.28. The molecule has 0 radical (unpaired) electrons. The molecular weight excluding hydrogens is 328 g/mol. The maximum absolute atomic E-state index is 12.2. The largest absolute Gasteiger partial charge is 0.480 e. The fraction of sp³-hybridized carbons (Fsp3) is 0.353. The molecule has 0 unspecified atom stereocenters. The topological polar surface area (TPSA) is 83.6 Å². The van der Waals surface area contributed by atoms with Crippen molar-refractivity contribution in [3.8, 4) is 11.5 Å². The lowest BCUT2D eigenvalue weighted by Gasteiger charge is -2.19. The van der Waals surface area contributed by atoms with E-state index in [-0.39, 0.29) is 24.2 Å². The standard InChI is InChI=1S/C17H18N2O4S/c20-15(19(8-16(21)22)14-6-7-14)11-24-10-13-9-23-17(18-13)12-4-2-1-3-5-12/h1-5,9,14H,6-8,10-11H2,(H,21,22). The molecule has 7 heteroatoms. The number of aliphatic carboxylic acids is 1. The monoisotopic (exact) mass is 346 g/mol. The molecule has 6 nitrogen and oxygen atoms in total. The van der Waals surface area contributed by atoms with Gasteiger partial charge in [0.25, 0.3) is 0 Å². The summed E-state index contributed by atoms with van der Waals surface area (Å²) in [4.78, 5) is 28.9. The number of carboxylic acid groups (broad SMARTS) is 1. The van der Waals surface area contributed by atoms with Crippen LogP contribution >= 0.6 is 11.8 Å². The van der Waals surface area contributed by atoms with Crippen LogP contribution in [0.5, 0.6) is 0 Å². The highest BCUT2D eigenvalue weighted by Gasteiger charge is 2.33. The number of hydrogen-bond acceptors (Lipinski definition) is 5. The van der Waals surface area contributed by atoms with Crippen molar-refractivity contribution in [3.05, 3.63) is 42.3 Å². The van der Waals surface area contributed by atoms with Crippen molar-refractivity contribution < 1.29 is 19.1 Å². The highest BCUT2D eigenvalue weighted by Crippen LogP contribution is 2.27. The molecule has 1 heterocycles. The van der Waals surface area contributed by atoms with E-state index in [4.69, 9.17) is 9.52 Å². The van der Waals surface area contributed by atoms with Crippen LogP contribution in [0, 0.1) is 0 Å². The quantitative estimate of drug-likeness (QED) is 0.791. The van der Waals surface area contributed by atoms with Crippen LogP contribution in [-0.4, -0.2) is 45.2 Å². The van der Waals surface area contributed by atoms with Gasteiger partial charge in [0.2, 0.25) is 11.8 Å². The Morgan fingerprint density at radius 1 is 1.29 bits per heavy atom. The maximum atomic E-state index is 12.2. The minimum Gasteiger partial charge on any atom is -0.480 e. The Labute approximate surface area is 143 Å². The average Bonchev–Trinajstić information content (AvgIpc) is 3.31. The van der Waals surface area contributed by atoms with Crippen LogP contribution in [0.25, 0.3) is 11.5 Å². The van der Waals surface area contributed by atoms with Crippen molar-refractivity contribution >= 4 is 23.6 Å². The Balaban J connectivity index is 1.50. The van der Waals surface area contributed by atoms with E-state index in [1.165, 1.54) is 16.7 Å². The van der Waals surface area contributed by atoms with Crippen LogP contribution in [0.2, 0.25) is 0 Å². The Bertz CT molecular complexity index is 712. The van der Waals surface area contributed by atoms with Gasteiger partial charge in [0.1, 0.15) is 12.8 Å². The zero-order valence-electron chi connectivity index (χ0n) is 13.1. The minimum absolute atomic E-state index is 0.103. The Morgan fingerprint density at radius 2 is 2.04 bits per heavy atom. The van der Waals surface area contributed by atoms with Crippen molar-refractivity contribution in [3.63, 3.8) is 0 Å². The molecule has 126 valence electrons. The summed E-state index contributed by atoms with van der Waals surface area (Å²) < 4.78 is 5.46. The molecule has 0 saturated heterocycles. The molecule has 0 spiro atoms. The van der Waals surface area contributed by atoms with Crippen LogP contribution in [0.4, 0.5) is 0 Å². The molecule has 1 aromatic carbocycles. The third kappa shape index (κ3) is 4.38. The Kier molecular flexibility index (Phi) is 5.20. The number of aromatic nitrogens is 1. The van der Waals surface area contributed by atoms with Crippen LogP contribution in [-0.2, 0) is 15.3 Å². The molecule has 1 aliphatic rings. The number of rotatable bonds is 8. The molecule has 0 bridgehead atoms. The minimum atomic E-state index is -0.968. The lowest BCUT2D eigenvalue weighted by atomic mass is 10.2. The van der Waals surface area contributed by atoms with Gasteiger partial charge in [-0.3, -0.25) is 9.59 Å². The van der Waals surface area contributed by atoms with E-state index in [0.717, 1.165) is 24.1 Å². The van der Waals surface area contributed by atoms with Crippen molar-refractivity contribution in [1.29, 1.82) is 0 Å². The lowest BCUT2D eigenvalue weighted by Crippen LogP contribution is -2.38. The number of amides is 1. The van der Waals surface area contributed by atoms with Crippen molar-refractivity contribution in [2.24, 2.45) is 0 Å². The zero-order valence-corrected chi connectivity index (χ0v) is 13.9. The molecule has 3 rings (SSSR count). The van der Waals surface area contributed by atoms with E-state index in [1.807, 2.05) is 30.3 Å². The SMILES string of the molecule is O=C(O)CN(C(=O)CSCc1coc(-c2ccccc2)n1)C1CC1. The van der Waals surface area contributed by atoms with Gasteiger partial charge in [-0.2, -0.15) is 0 Å². The van der Waals surface area contributed by atoms with Gasteiger partial charge in [-0.25, -0.2) is 4.98 Å². The van der Waals surface area contributed by atoms with E-state index in [9.17, 15) is 9.59 Å². The number of hydrogen-bond donors (Lipinski definition) is 1. The van der Waals surface area contributed by atoms with Crippen LogP contribution in [0.1, 0.15) is 18.5 Å². The van der Waals surface area contributed by atoms with E-state index in [0.29, 0.717) is 11.6 Å². The van der Waals surface area contributed by atoms with Gasteiger partial charge < -0.3 is 14.4 Å². The van der Waals surface area contributed by atoms with Crippen molar-refractivity contribution in [2.75, 3.05) is 12.3 Å². The first-order valence-corrected chi connectivity index (χ1v) is 8.88. The summed E-state index contributed by atoms with van der Waals surface area (Å²) in [5, 5.41) is 8.90. The molecule has 0 aliphatic heterocycles.